The van der Waals surface area contributed by atoms with Crippen molar-refractivity contribution in [3.05, 3.63) is 59.7 Å². The van der Waals surface area contributed by atoms with Gasteiger partial charge in [-0.2, -0.15) is 18.3 Å². The normalized spacial score (nSPS) is 15.7. The summed E-state index contributed by atoms with van der Waals surface area (Å²) in [6, 6.07) is 8.23. The van der Waals surface area contributed by atoms with Crippen LogP contribution in [0.4, 0.5) is 19.0 Å². The summed E-state index contributed by atoms with van der Waals surface area (Å²) < 4.78 is 39.5. The summed E-state index contributed by atoms with van der Waals surface area (Å²) in [5, 5.41) is 12.9. The van der Waals surface area contributed by atoms with E-state index in [-0.39, 0.29) is 0 Å². The number of halogens is 3. The van der Waals surface area contributed by atoms with Gasteiger partial charge in [-0.25, -0.2) is 4.68 Å². The lowest BCUT2D eigenvalue weighted by Crippen LogP contribution is -2.46. The lowest BCUT2D eigenvalue weighted by molar-refractivity contribution is -0.141. The number of alkyl halides is 3. The highest BCUT2D eigenvalue weighted by Crippen LogP contribution is 2.27. The van der Waals surface area contributed by atoms with E-state index in [2.05, 4.69) is 30.1 Å². The van der Waals surface area contributed by atoms with Crippen LogP contribution >= 0.6 is 0 Å². The monoisotopic (exact) mass is 403 g/mol. The molecule has 0 aliphatic carbocycles. The molecule has 0 unspecified atom stereocenters. The van der Waals surface area contributed by atoms with Gasteiger partial charge in [0, 0.05) is 45.1 Å². The average molecular weight is 403 g/mol. The van der Waals surface area contributed by atoms with Crippen molar-refractivity contribution in [2.75, 3.05) is 31.1 Å². The van der Waals surface area contributed by atoms with Crippen LogP contribution < -0.4 is 4.90 Å². The molecule has 0 amide bonds. The van der Waals surface area contributed by atoms with Gasteiger partial charge in [0.05, 0.1) is 5.69 Å². The first-order chi connectivity index (χ1) is 13.9. The van der Waals surface area contributed by atoms with Crippen molar-refractivity contribution in [2.45, 2.75) is 19.6 Å². The van der Waals surface area contributed by atoms with Crippen molar-refractivity contribution in [3.8, 4) is 5.82 Å². The molecule has 4 heterocycles. The Morgan fingerprint density at radius 3 is 2.21 bits per heavy atom. The molecule has 7 nitrogen and oxygen atoms in total. The average Bonchev–Trinajstić information content (AvgIpc) is 3.15. The van der Waals surface area contributed by atoms with Crippen LogP contribution in [-0.2, 0) is 12.7 Å². The molecule has 1 aliphatic heterocycles. The summed E-state index contributed by atoms with van der Waals surface area (Å²) in [6.07, 6.45) is -1.26. The van der Waals surface area contributed by atoms with Crippen LogP contribution in [0.1, 0.15) is 17.0 Å². The molecule has 29 heavy (non-hydrogen) atoms. The standard InChI is InChI=1S/C19H20F3N7/c1-14-6-7-29(26-14)18-5-4-17(24-25-18)28-10-8-27(9-11-28)13-15-2-3-16(23-12-15)19(20,21)22/h2-7,12H,8-11,13H2,1H3. The van der Waals surface area contributed by atoms with Crippen LogP contribution in [0.3, 0.4) is 0 Å². The zero-order chi connectivity index (χ0) is 20.4. The Bertz CT molecular complexity index is 943. The summed E-state index contributed by atoms with van der Waals surface area (Å²) >= 11 is 0. The highest BCUT2D eigenvalue weighted by atomic mass is 19.4. The van der Waals surface area contributed by atoms with Gasteiger partial charge in [0.15, 0.2) is 11.6 Å². The molecule has 1 saturated heterocycles. The number of aryl methyl sites for hydroxylation is 1. The molecule has 0 aromatic carbocycles. The fourth-order valence-electron chi connectivity index (χ4n) is 3.23. The van der Waals surface area contributed by atoms with Gasteiger partial charge in [0.1, 0.15) is 5.69 Å². The predicted molar refractivity (Wildman–Crippen MR) is 101 cm³/mol. The highest BCUT2D eigenvalue weighted by molar-refractivity contribution is 5.40. The molecule has 1 aliphatic rings. The van der Waals surface area contributed by atoms with Crippen molar-refractivity contribution < 1.29 is 13.2 Å². The Labute approximate surface area is 165 Å². The van der Waals surface area contributed by atoms with Gasteiger partial charge in [0.25, 0.3) is 0 Å². The van der Waals surface area contributed by atoms with Crippen LogP contribution in [0.15, 0.2) is 42.7 Å². The van der Waals surface area contributed by atoms with Crippen LogP contribution in [-0.4, -0.2) is 56.0 Å². The van der Waals surface area contributed by atoms with Crippen molar-refractivity contribution in [1.29, 1.82) is 0 Å². The lowest BCUT2D eigenvalue weighted by atomic mass is 10.2. The van der Waals surface area contributed by atoms with E-state index in [1.807, 2.05) is 31.3 Å². The Hall–Kier alpha value is -3.01. The van der Waals surface area contributed by atoms with Crippen LogP contribution in [0.2, 0.25) is 0 Å². The number of nitrogens with zero attached hydrogens (tertiary/aromatic N) is 7. The Morgan fingerprint density at radius 1 is 0.931 bits per heavy atom. The van der Waals surface area contributed by atoms with Crippen molar-refractivity contribution in [1.82, 2.24) is 29.9 Å². The third-order valence-corrected chi connectivity index (χ3v) is 4.81. The fraction of sp³-hybridized carbons (Fsp3) is 0.368. The molecule has 0 atom stereocenters. The molecule has 0 bridgehead atoms. The molecule has 1 fully saturated rings. The van der Waals surface area contributed by atoms with Gasteiger partial charge in [0.2, 0.25) is 0 Å². The molecule has 4 rings (SSSR count). The number of piperazine rings is 1. The smallest absolute Gasteiger partial charge is 0.353 e. The quantitative estimate of drug-likeness (QED) is 0.668. The first kappa shape index (κ1) is 19.3. The fourth-order valence-corrected chi connectivity index (χ4v) is 3.23. The molecule has 0 spiro atoms. The Morgan fingerprint density at radius 2 is 1.66 bits per heavy atom. The molecule has 0 saturated carbocycles. The summed E-state index contributed by atoms with van der Waals surface area (Å²) in [5.74, 6) is 1.46. The Kier molecular flexibility index (Phi) is 5.18. The molecular weight excluding hydrogens is 383 g/mol. The van der Waals surface area contributed by atoms with E-state index in [9.17, 15) is 13.2 Å². The van der Waals surface area contributed by atoms with Gasteiger partial charge in [-0.1, -0.05) is 6.07 Å². The maximum absolute atomic E-state index is 12.6. The largest absolute Gasteiger partial charge is 0.433 e. The SMILES string of the molecule is Cc1ccn(-c2ccc(N3CCN(Cc4ccc(C(F)(F)F)nc4)CC3)nn2)n1. The number of anilines is 1. The van der Waals surface area contributed by atoms with Crippen molar-refractivity contribution in [3.63, 3.8) is 0 Å². The second-order valence-electron chi connectivity index (χ2n) is 6.96. The second kappa shape index (κ2) is 7.78. The zero-order valence-corrected chi connectivity index (χ0v) is 15.8. The van der Waals surface area contributed by atoms with E-state index < -0.39 is 11.9 Å². The minimum atomic E-state index is -4.41. The topological polar surface area (TPSA) is 63.0 Å². The number of hydrogen-bond acceptors (Lipinski definition) is 6. The van der Waals surface area contributed by atoms with Gasteiger partial charge >= 0.3 is 6.18 Å². The van der Waals surface area contributed by atoms with E-state index in [1.54, 1.807) is 4.68 Å². The third-order valence-electron chi connectivity index (χ3n) is 4.81. The van der Waals surface area contributed by atoms with E-state index >= 15 is 0 Å². The highest BCUT2D eigenvalue weighted by Gasteiger charge is 2.32. The molecular formula is C19H20F3N7. The van der Waals surface area contributed by atoms with Gasteiger partial charge in [-0.05, 0) is 36.8 Å². The van der Waals surface area contributed by atoms with Crippen molar-refractivity contribution >= 4 is 5.82 Å². The molecule has 3 aromatic rings. The van der Waals surface area contributed by atoms with Crippen molar-refractivity contribution in [2.24, 2.45) is 0 Å². The minimum Gasteiger partial charge on any atom is -0.353 e. The number of aromatic nitrogens is 5. The Balaban J connectivity index is 1.32. The second-order valence-corrected chi connectivity index (χ2v) is 6.96. The third kappa shape index (κ3) is 4.53. The van der Waals surface area contributed by atoms with E-state index in [1.165, 1.54) is 12.3 Å². The molecule has 0 N–H and O–H groups in total. The lowest BCUT2D eigenvalue weighted by Gasteiger charge is -2.35. The summed E-state index contributed by atoms with van der Waals surface area (Å²) in [5.41, 5.74) is 0.818. The molecule has 3 aromatic heterocycles. The van der Waals surface area contributed by atoms with Gasteiger partial charge in [-0.15, -0.1) is 10.2 Å². The summed E-state index contributed by atoms with van der Waals surface area (Å²) in [6.45, 7) is 5.58. The zero-order valence-electron chi connectivity index (χ0n) is 15.8. The first-order valence-electron chi connectivity index (χ1n) is 9.24. The first-order valence-corrected chi connectivity index (χ1v) is 9.24. The maximum Gasteiger partial charge on any atom is 0.433 e. The maximum atomic E-state index is 12.6. The number of hydrogen-bond donors (Lipinski definition) is 0. The van der Waals surface area contributed by atoms with Gasteiger partial charge < -0.3 is 4.90 Å². The summed E-state index contributed by atoms with van der Waals surface area (Å²) in [7, 11) is 0. The van der Waals surface area contributed by atoms with Crippen LogP contribution in [0.5, 0.6) is 0 Å². The van der Waals surface area contributed by atoms with Gasteiger partial charge in [-0.3, -0.25) is 9.88 Å². The van der Waals surface area contributed by atoms with E-state index in [4.69, 9.17) is 0 Å². The van der Waals surface area contributed by atoms with Crippen LogP contribution in [0.25, 0.3) is 5.82 Å². The predicted octanol–water partition coefficient (Wildman–Crippen LogP) is 2.71. The van der Waals surface area contributed by atoms with E-state index in [0.29, 0.717) is 12.4 Å². The van der Waals surface area contributed by atoms with Crippen LogP contribution in [0, 0.1) is 6.92 Å². The molecule has 0 radical (unpaired) electrons. The number of pyridine rings is 1. The molecule has 152 valence electrons. The molecule has 10 heteroatoms. The number of rotatable bonds is 4. The minimum absolute atomic E-state index is 0.572. The van der Waals surface area contributed by atoms with E-state index in [0.717, 1.165) is 49.3 Å². The summed E-state index contributed by atoms with van der Waals surface area (Å²) in [4.78, 5) is 7.86.